The number of hydrogen-bond acceptors (Lipinski definition) is 3. The van der Waals surface area contributed by atoms with Gasteiger partial charge < -0.3 is 20.4 Å². The SMILES string of the molecule is CC(CO)N(C)C(=O)Nc1ccc(CCC(=O)O)cc1. The summed E-state index contributed by atoms with van der Waals surface area (Å²) in [4.78, 5) is 23.7. The lowest BCUT2D eigenvalue weighted by molar-refractivity contribution is -0.136. The average molecular weight is 280 g/mol. The van der Waals surface area contributed by atoms with Gasteiger partial charge in [-0.15, -0.1) is 0 Å². The largest absolute Gasteiger partial charge is 0.481 e. The van der Waals surface area contributed by atoms with Crippen molar-refractivity contribution in [3.63, 3.8) is 0 Å². The molecule has 0 aliphatic rings. The normalized spacial score (nSPS) is 11.8. The van der Waals surface area contributed by atoms with Gasteiger partial charge in [-0.2, -0.15) is 0 Å². The molecule has 0 aliphatic heterocycles. The first kappa shape index (κ1) is 16.0. The topological polar surface area (TPSA) is 89.9 Å². The number of anilines is 1. The highest BCUT2D eigenvalue weighted by molar-refractivity contribution is 5.89. The second kappa shape index (κ2) is 7.49. The Kier molecular flexibility index (Phi) is 5.99. The third kappa shape index (κ3) is 4.89. The van der Waals surface area contributed by atoms with E-state index >= 15 is 0 Å². The van der Waals surface area contributed by atoms with Crippen LogP contribution >= 0.6 is 0 Å². The molecule has 1 rings (SSSR count). The Labute approximate surface area is 118 Å². The molecule has 0 saturated carbocycles. The number of benzene rings is 1. The number of nitrogens with one attached hydrogen (secondary N) is 1. The minimum atomic E-state index is -0.831. The van der Waals surface area contributed by atoms with Crippen molar-refractivity contribution in [1.29, 1.82) is 0 Å². The van der Waals surface area contributed by atoms with Gasteiger partial charge in [0.2, 0.25) is 0 Å². The van der Waals surface area contributed by atoms with E-state index in [0.717, 1.165) is 5.56 Å². The summed E-state index contributed by atoms with van der Waals surface area (Å²) in [5.74, 6) is -0.831. The molecular weight excluding hydrogens is 260 g/mol. The van der Waals surface area contributed by atoms with E-state index in [1.54, 1.807) is 38.2 Å². The summed E-state index contributed by atoms with van der Waals surface area (Å²) in [5.41, 5.74) is 1.54. The van der Waals surface area contributed by atoms with Crippen LogP contribution in [-0.4, -0.2) is 46.8 Å². The Balaban J connectivity index is 2.56. The van der Waals surface area contributed by atoms with Crippen molar-refractivity contribution in [2.75, 3.05) is 19.0 Å². The maximum atomic E-state index is 11.8. The Hall–Kier alpha value is -2.08. The van der Waals surface area contributed by atoms with Crippen LogP contribution in [0.25, 0.3) is 0 Å². The van der Waals surface area contributed by atoms with E-state index in [0.29, 0.717) is 12.1 Å². The van der Waals surface area contributed by atoms with Crippen LogP contribution in [0.15, 0.2) is 24.3 Å². The lowest BCUT2D eigenvalue weighted by Gasteiger charge is -2.23. The number of aryl methyl sites for hydroxylation is 1. The standard InChI is InChI=1S/C14H20N2O4/c1-10(9-17)16(2)14(20)15-12-6-3-11(4-7-12)5-8-13(18)19/h3-4,6-7,10,17H,5,8-9H2,1-2H3,(H,15,20)(H,18,19). The zero-order valence-corrected chi connectivity index (χ0v) is 11.7. The van der Waals surface area contributed by atoms with E-state index in [1.165, 1.54) is 4.90 Å². The number of carboxylic acid groups (broad SMARTS) is 1. The molecule has 0 aliphatic carbocycles. The molecule has 20 heavy (non-hydrogen) atoms. The Morgan fingerprint density at radius 1 is 1.30 bits per heavy atom. The quantitative estimate of drug-likeness (QED) is 0.737. The molecule has 0 spiro atoms. The summed E-state index contributed by atoms with van der Waals surface area (Å²) < 4.78 is 0. The fourth-order valence-electron chi connectivity index (χ4n) is 1.54. The van der Waals surface area contributed by atoms with E-state index in [-0.39, 0.29) is 25.1 Å². The maximum Gasteiger partial charge on any atom is 0.321 e. The monoisotopic (exact) mass is 280 g/mol. The van der Waals surface area contributed by atoms with Crippen LogP contribution in [0.2, 0.25) is 0 Å². The lowest BCUT2D eigenvalue weighted by Crippen LogP contribution is -2.40. The van der Waals surface area contributed by atoms with Gasteiger partial charge in [0.25, 0.3) is 0 Å². The number of aliphatic carboxylic acids is 1. The summed E-state index contributed by atoms with van der Waals surface area (Å²) in [6.07, 6.45) is 0.549. The molecule has 1 aromatic carbocycles. The van der Waals surface area contributed by atoms with E-state index in [2.05, 4.69) is 5.32 Å². The summed E-state index contributed by atoms with van der Waals surface area (Å²) in [5, 5.41) is 20.3. The molecule has 0 heterocycles. The van der Waals surface area contributed by atoms with Gasteiger partial charge in [0.1, 0.15) is 0 Å². The number of rotatable bonds is 6. The molecule has 1 unspecified atom stereocenters. The summed E-state index contributed by atoms with van der Waals surface area (Å²) in [6, 6.07) is 6.47. The highest BCUT2D eigenvalue weighted by Gasteiger charge is 2.14. The number of hydrogen-bond donors (Lipinski definition) is 3. The summed E-state index contributed by atoms with van der Waals surface area (Å²) in [6.45, 7) is 1.65. The number of amides is 2. The van der Waals surface area contributed by atoms with Crippen molar-refractivity contribution in [1.82, 2.24) is 4.90 Å². The van der Waals surface area contributed by atoms with Crippen LogP contribution in [0.4, 0.5) is 10.5 Å². The molecule has 110 valence electrons. The van der Waals surface area contributed by atoms with Crippen molar-refractivity contribution in [3.8, 4) is 0 Å². The predicted molar refractivity (Wildman–Crippen MR) is 75.7 cm³/mol. The van der Waals surface area contributed by atoms with E-state index < -0.39 is 5.97 Å². The van der Waals surface area contributed by atoms with Crippen LogP contribution in [0.1, 0.15) is 18.9 Å². The van der Waals surface area contributed by atoms with Gasteiger partial charge in [0.15, 0.2) is 0 Å². The number of nitrogens with zero attached hydrogens (tertiary/aromatic N) is 1. The van der Waals surface area contributed by atoms with Gasteiger partial charge in [-0.05, 0) is 31.0 Å². The molecule has 0 aromatic heterocycles. The molecule has 0 radical (unpaired) electrons. The van der Waals surface area contributed by atoms with Crippen molar-refractivity contribution >= 4 is 17.7 Å². The van der Waals surface area contributed by atoms with Gasteiger partial charge in [0, 0.05) is 19.2 Å². The van der Waals surface area contributed by atoms with E-state index in [1.807, 2.05) is 0 Å². The van der Waals surface area contributed by atoms with Gasteiger partial charge in [-0.1, -0.05) is 12.1 Å². The zero-order valence-electron chi connectivity index (χ0n) is 11.7. The first-order valence-electron chi connectivity index (χ1n) is 6.39. The smallest absolute Gasteiger partial charge is 0.321 e. The summed E-state index contributed by atoms with van der Waals surface area (Å²) in [7, 11) is 1.61. The van der Waals surface area contributed by atoms with Gasteiger partial charge >= 0.3 is 12.0 Å². The fourth-order valence-corrected chi connectivity index (χ4v) is 1.54. The molecule has 0 saturated heterocycles. The minimum absolute atomic E-state index is 0.0858. The number of carbonyl (C=O) groups excluding carboxylic acids is 1. The van der Waals surface area contributed by atoms with Crippen LogP contribution in [0.5, 0.6) is 0 Å². The highest BCUT2D eigenvalue weighted by atomic mass is 16.4. The van der Waals surface area contributed by atoms with Gasteiger partial charge in [-0.3, -0.25) is 4.79 Å². The molecule has 1 aromatic rings. The first-order chi connectivity index (χ1) is 9.43. The number of urea groups is 1. The summed E-state index contributed by atoms with van der Waals surface area (Å²) >= 11 is 0. The van der Waals surface area contributed by atoms with Crippen LogP contribution in [-0.2, 0) is 11.2 Å². The van der Waals surface area contributed by atoms with Crippen LogP contribution in [0, 0.1) is 0 Å². The molecule has 0 fully saturated rings. The third-order valence-electron chi connectivity index (χ3n) is 3.08. The molecule has 6 heteroatoms. The highest BCUT2D eigenvalue weighted by Crippen LogP contribution is 2.12. The minimum Gasteiger partial charge on any atom is -0.481 e. The van der Waals surface area contributed by atoms with Crippen molar-refractivity contribution in [2.24, 2.45) is 0 Å². The molecular formula is C14H20N2O4. The van der Waals surface area contributed by atoms with E-state index in [4.69, 9.17) is 10.2 Å². The zero-order chi connectivity index (χ0) is 15.1. The number of carbonyl (C=O) groups is 2. The number of carboxylic acids is 1. The van der Waals surface area contributed by atoms with Crippen molar-refractivity contribution in [3.05, 3.63) is 29.8 Å². The van der Waals surface area contributed by atoms with Crippen LogP contribution < -0.4 is 5.32 Å². The maximum absolute atomic E-state index is 11.8. The molecule has 3 N–H and O–H groups in total. The number of aliphatic hydroxyl groups excluding tert-OH is 1. The second-order valence-electron chi connectivity index (χ2n) is 4.66. The van der Waals surface area contributed by atoms with Crippen LogP contribution in [0.3, 0.4) is 0 Å². The van der Waals surface area contributed by atoms with Crippen molar-refractivity contribution < 1.29 is 19.8 Å². The second-order valence-corrected chi connectivity index (χ2v) is 4.66. The number of aliphatic hydroxyl groups is 1. The van der Waals surface area contributed by atoms with Crippen molar-refractivity contribution in [2.45, 2.75) is 25.8 Å². The third-order valence-corrected chi connectivity index (χ3v) is 3.08. The Morgan fingerprint density at radius 3 is 2.40 bits per heavy atom. The first-order valence-corrected chi connectivity index (χ1v) is 6.39. The van der Waals surface area contributed by atoms with E-state index in [9.17, 15) is 9.59 Å². The number of likely N-dealkylation sites (N-methyl/N-ethyl adjacent to an activating group) is 1. The van der Waals surface area contributed by atoms with Gasteiger partial charge in [0.05, 0.1) is 12.6 Å². The lowest BCUT2D eigenvalue weighted by atomic mass is 10.1. The predicted octanol–water partition coefficient (Wildman–Crippen LogP) is 1.55. The van der Waals surface area contributed by atoms with Gasteiger partial charge in [-0.25, -0.2) is 4.79 Å². The Bertz CT molecular complexity index is 459. The molecule has 2 amide bonds. The molecule has 0 bridgehead atoms. The molecule has 6 nitrogen and oxygen atoms in total. The molecule has 1 atom stereocenters. The average Bonchev–Trinajstić information content (AvgIpc) is 2.44. The fraction of sp³-hybridized carbons (Fsp3) is 0.429. The Morgan fingerprint density at radius 2 is 1.90 bits per heavy atom.